The van der Waals surface area contributed by atoms with E-state index in [0.717, 1.165) is 24.4 Å². The molecule has 1 unspecified atom stereocenters. The molecule has 2 aromatic rings. The maximum Gasteiger partial charge on any atom is 0.145 e. The highest BCUT2D eigenvalue weighted by molar-refractivity contribution is 5.87. The molecule has 1 aliphatic heterocycles. The molecule has 0 aliphatic carbocycles. The second kappa shape index (κ2) is 4.94. The highest BCUT2D eigenvalue weighted by Gasteiger charge is 2.18. The lowest BCUT2D eigenvalue weighted by Gasteiger charge is -2.24. The molecule has 3 rings (SSSR count). The highest BCUT2D eigenvalue weighted by atomic mass is 16.5. The van der Waals surface area contributed by atoms with Crippen molar-refractivity contribution in [3.05, 3.63) is 36.0 Å². The van der Waals surface area contributed by atoms with Crippen molar-refractivity contribution in [2.45, 2.75) is 18.8 Å². The van der Waals surface area contributed by atoms with Gasteiger partial charge in [-0.15, -0.1) is 0 Å². The summed E-state index contributed by atoms with van der Waals surface area (Å²) in [6, 6.07) is 8.39. The van der Waals surface area contributed by atoms with Crippen molar-refractivity contribution in [3.63, 3.8) is 0 Å². The fraction of sp³-hybridized carbons (Fsp3) is 0.400. The van der Waals surface area contributed by atoms with Crippen LogP contribution in [0.3, 0.4) is 0 Å². The third kappa shape index (κ3) is 1.95. The van der Waals surface area contributed by atoms with Gasteiger partial charge < -0.3 is 10.1 Å². The zero-order valence-corrected chi connectivity index (χ0v) is 10.6. The molecule has 0 bridgehead atoms. The summed E-state index contributed by atoms with van der Waals surface area (Å²) in [5, 5.41) is 4.70. The topological polar surface area (TPSA) is 34.1 Å². The zero-order chi connectivity index (χ0) is 12.4. The molecule has 1 saturated heterocycles. The summed E-state index contributed by atoms with van der Waals surface area (Å²) in [4.78, 5) is 4.46. The maximum absolute atomic E-state index is 5.39. The monoisotopic (exact) mass is 242 g/mol. The molecule has 3 heteroatoms. The minimum absolute atomic E-state index is 0.594. The number of hydrogen-bond donors (Lipinski definition) is 1. The molecule has 3 nitrogen and oxygen atoms in total. The molecule has 1 N–H and O–H groups in total. The number of aromatic nitrogens is 1. The lowest BCUT2D eigenvalue weighted by Crippen LogP contribution is -2.28. The van der Waals surface area contributed by atoms with Gasteiger partial charge in [-0.05, 0) is 43.0 Å². The van der Waals surface area contributed by atoms with E-state index < -0.39 is 0 Å². The van der Waals surface area contributed by atoms with Crippen LogP contribution in [0.2, 0.25) is 0 Å². The predicted molar refractivity (Wildman–Crippen MR) is 73.1 cm³/mol. The second-order valence-corrected chi connectivity index (χ2v) is 4.80. The molecule has 0 saturated carbocycles. The number of hydrogen-bond acceptors (Lipinski definition) is 3. The Balaban J connectivity index is 2.12. The molecule has 18 heavy (non-hydrogen) atoms. The Morgan fingerprint density at radius 3 is 3.06 bits per heavy atom. The second-order valence-electron chi connectivity index (χ2n) is 4.80. The molecule has 1 aromatic heterocycles. The summed E-state index contributed by atoms with van der Waals surface area (Å²) in [5.74, 6) is 1.45. The normalized spacial score (nSPS) is 19.9. The summed E-state index contributed by atoms with van der Waals surface area (Å²) in [6.07, 6.45) is 4.33. The standard InChI is InChI=1S/C15H18N2O/c1-18-14-7-6-12(11-4-2-8-16-10-11)13-5-3-9-17-15(13)14/h3,5-7,9,11,16H,2,4,8,10H2,1H3. The lowest BCUT2D eigenvalue weighted by molar-refractivity contribution is 0.418. The van der Waals surface area contributed by atoms with Gasteiger partial charge in [0.15, 0.2) is 0 Å². The van der Waals surface area contributed by atoms with Crippen molar-refractivity contribution in [1.29, 1.82) is 0 Å². The minimum atomic E-state index is 0.594. The molecule has 2 heterocycles. The van der Waals surface area contributed by atoms with Crippen LogP contribution in [0.5, 0.6) is 5.75 Å². The van der Waals surface area contributed by atoms with E-state index in [4.69, 9.17) is 4.74 Å². The number of piperidine rings is 1. The zero-order valence-electron chi connectivity index (χ0n) is 10.6. The number of benzene rings is 1. The molecule has 1 aliphatic rings. The number of rotatable bonds is 2. The van der Waals surface area contributed by atoms with E-state index in [1.54, 1.807) is 7.11 Å². The Kier molecular flexibility index (Phi) is 3.15. The average molecular weight is 242 g/mol. The quantitative estimate of drug-likeness (QED) is 0.879. The van der Waals surface area contributed by atoms with Gasteiger partial charge in [0.2, 0.25) is 0 Å². The predicted octanol–water partition coefficient (Wildman–Crippen LogP) is 2.71. The first-order chi connectivity index (χ1) is 8.90. The molecular weight excluding hydrogens is 224 g/mol. The van der Waals surface area contributed by atoms with E-state index in [1.165, 1.54) is 23.8 Å². The van der Waals surface area contributed by atoms with Gasteiger partial charge in [-0.2, -0.15) is 0 Å². The van der Waals surface area contributed by atoms with Crippen LogP contribution in [0.15, 0.2) is 30.5 Å². The van der Waals surface area contributed by atoms with Gasteiger partial charge in [-0.25, -0.2) is 0 Å². The van der Waals surface area contributed by atoms with Crippen molar-refractivity contribution in [3.8, 4) is 5.75 Å². The summed E-state index contributed by atoms with van der Waals surface area (Å²) < 4.78 is 5.39. The van der Waals surface area contributed by atoms with Crippen LogP contribution in [0.25, 0.3) is 10.9 Å². The summed E-state index contributed by atoms with van der Waals surface area (Å²) in [5.41, 5.74) is 2.37. The van der Waals surface area contributed by atoms with Crippen LogP contribution < -0.4 is 10.1 Å². The Morgan fingerprint density at radius 1 is 1.33 bits per heavy atom. The van der Waals surface area contributed by atoms with Crippen LogP contribution in [0.1, 0.15) is 24.3 Å². The van der Waals surface area contributed by atoms with E-state index in [1.807, 2.05) is 18.3 Å². The first-order valence-electron chi connectivity index (χ1n) is 6.52. The Bertz CT molecular complexity index is 547. The molecule has 0 spiro atoms. The van der Waals surface area contributed by atoms with Gasteiger partial charge in [-0.1, -0.05) is 12.1 Å². The van der Waals surface area contributed by atoms with Gasteiger partial charge in [0.05, 0.1) is 7.11 Å². The van der Waals surface area contributed by atoms with Crippen LogP contribution in [-0.2, 0) is 0 Å². The van der Waals surface area contributed by atoms with E-state index in [2.05, 4.69) is 22.4 Å². The van der Waals surface area contributed by atoms with Crippen molar-refractivity contribution >= 4 is 10.9 Å². The SMILES string of the molecule is COc1ccc(C2CCCNC2)c2cccnc12. The van der Waals surface area contributed by atoms with Gasteiger partial charge in [0.25, 0.3) is 0 Å². The summed E-state index contributed by atoms with van der Waals surface area (Å²) in [7, 11) is 1.70. The number of nitrogens with zero attached hydrogens (tertiary/aromatic N) is 1. The van der Waals surface area contributed by atoms with E-state index in [-0.39, 0.29) is 0 Å². The number of pyridine rings is 1. The molecular formula is C15H18N2O. The average Bonchev–Trinajstić information content (AvgIpc) is 2.47. The first kappa shape index (κ1) is 11.5. The van der Waals surface area contributed by atoms with E-state index in [0.29, 0.717) is 5.92 Å². The highest BCUT2D eigenvalue weighted by Crippen LogP contribution is 2.33. The third-order valence-electron chi connectivity index (χ3n) is 3.72. The number of nitrogens with one attached hydrogen (secondary N) is 1. The van der Waals surface area contributed by atoms with Crippen molar-refractivity contribution < 1.29 is 4.74 Å². The third-order valence-corrected chi connectivity index (χ3v) is 3.72. The number of ether oxygens (including phenoxy) is 1. The molecule has 0 amide bonds. The van der Waals surface area contributed by atoms with Crippen molar-refractivity contribution in [2.24, 2.45) is 0 Å². The molecule has 0 radical (unpaired) electrons. The minimum Gasteiger partial charge on any atom is -0.494 e. The fourth-order valence-corrected chi connectivity index (χ4v) is 2.81. The maximum atomic E-state index is 5.39. The first-order valence-corrected chi connectivity index (χ1v) is 6.52. The summed E-state index contributed by atoms with van der Waals surface area (Å²) >= 11 is 0. The Labute approximate surface area is 107 Å². The van der Waals surface area contributed by atoms with Gasteiger partial charge in [0, 0.05) is 18.1 Å². The Morgan fingerprint density at radius 2 is 2.28 bits per heavy atom. The Hall–Kier alpha value is -1.61. The number of methoxy groups -OCH3 is 1. The van der Waals surface area contributed by atoms with Crippen LogP contribution >= 0.6 is 0 Å². The lowest BCUT2D eigenvalue weighted by atomic mass is 9.89. The molecule has 1 atom stereocenters. The van der Waals surface area contributed by atoms with Crippen molar-refractivity contribution in [2.75, 3.05) is 20.2 Å². The summed E-state index contributed by atoms with van der Waals surface area (Å²) in [6.45, 7) is 2.21. The molecule has 94 valence electrons. The van der Waals surface area contributed by atoms with Gasteiger partial charge in [-0.3, -0.25) is 4.98 Å². The van der Waals surface area contributed by atoms with Crippen LogP contribution in [0.4, 0.5) is 0 Å². The van der Waals surface area contributed by atoms with Crippen LogP contribution in [0, 0.1) is 0 Å². The van der Waals surface area contributed by atoms with E-state index >= 15 is 0 Å². The molecule has 1 fully saturated rings. The smallest absolute Gasteiger partial charge is 0.145 e. The fourth-order valence-electron chi connectivity index (χ4n) is 2.81. The number of fused-ring (bicyclic) bond motifs is 1. The van der Waals surface area contributed by atoms with Crippen molar-refractivity contribution in [1.82, 2.24) is 10.3 Å². The van der Waals surface area contributed by atoms with E-state index in [9.17, 15) is 0 Å². The molecule has 1 aromatic carbocycles. The van der Waals surface area contributed by atoms with Crippen LogP contribution in [-0.4, -0.2) is 25.2 Å². The van der Waals surface area contributed by atoms with Gasteiger partial charge in [0.1, 0.15) is 11.3 Å². The van der Waals surface area contributed by atoms with Gasteiger partial charge >= 0.3 is 0 Å². The largest absolute Gasteiger partial charge is 0.494 e.